The van der Waals surface area contributed by atoms with Crippen LogP contribution in [-0.4, -0.2) is 19.1 Å². The van der Waals surface area contributed by atoms with Gasteiger partial charge >= 0.3 is 0 Å². The Hall–Kier alpha value is -1.48. The molecule has 3 heteroatoms. The molecule has 0 spiro atoms. The van der Waals surface area contributed by atoms with Crippen LogP contribution in [0.1, 0.15) is 29.9 Å². The predicted octanol–water partition coefficient (Wildman–Crippen LogP) is 4.08. The molecule has 110 valence electrons. The zero-order valence-electron chi connectivity index (χ0n) is 12.5. The van der Waals surface area contributed by atoms with E-state index in [1.807, 2.05) is 6.07 Å². The van der Waals surface area contributed by atoms with E-state index in [1.54, 1.807) is 18.9 Å². The summed E-state index contributed by atoms with van der Waals surface area (Å²) in [5, 5.41) is 0. The van der Waals surface area contributed by atoms with Crippen molar-refractivity contribution in [2.24, 2.45) is 5.92 Å². The molecule has 2 aliphatic carbocycles. The van der Waals surface area contributed by atoms with Crippen LogP contribution in [-0.2, 0) is 16.0 Å². The number of rotatable bonds is 3. The highest BCUT2D eigenvalue weighted by molar-refractivity contribution is 8.02. The average Bonchev–Trinajstić information content (AvgIpc) is 2.54. The molecule has 2 aliphatic rings. The van der Waals surface area contributed by atoms with Gasteiger partial charge in [-0.15, -0.1) is 11.8 Å². The molecule has 2 nitrogen and oxygen atoms in total. The van der Waals surface area contributed by atoms with Crippen LogP contribution in [0, 0.1) is 5.92 Å². The van der Waals surface area contributed by atoms with Crippen LogP contribution in [0.4, 0.5) is 0 Å². The van der Waals surface area contributed by atoms with E-state index in [0.29, 0.717) is 12.2 Å². The lowest BCUT2D eigenvalue weighted by Gasteiger charge is -2.31. The Morgan fingerprint density at radius 2 is 2.05 bits per heavy atom. The molecule has 0 saturated carbocycles. The molecule has 0 bridgehead atoms. The van der Waals surface area contributed by atoms with E-state index >= 15 is 0 Å². The lowest BCUT2D eigenvalue weighted by Crippen LogP contribution is -2.27. The molecule has 0 saturated heterocycles. The number of benzene rings is 1. The summed E-state index contributed by atoms with van der Waals surface area (Å²) in [6, 6.07) is 8.40. The van der Waals surface area contributed by atoms with E-state index in [9.17, 15) is 4.79 Å². The highest BCUT2D eigenvalue weighted by Crippen LogP contribution is 2.41. The second-order valence-electron chi connectivity index (χ2n) is 5.55. The SMILES string of the molecule is COC1=CCC(C2C(=O)CCc3ccccc32)C=C1SC. The molecule has 0 fully saturated rings. The summed E-state index contributed by atoms with van der Waals surface area (Å²) >= 11 is 1.69. The molecular formula is C18H20O2S. The third-order valence-electron chi connectivity index (χ3n) is 4.43. The maximum Gasteiger partial charge on any atom is 0.141 e. The Morgan fingerprint density at radius 3 is 2.81 bits per heavy atom. The molecule has 1 aromatic carbocycles. The third kappa shape index (κ3) is 2.67. The van der Waals surface area contributed by atoms with E-state index in [1.165, 1.54) is 11.1 Å². The molecule has 0 heterocycles. The van der Waals surface area contributed by atoms with Crippen LogP contribution in [0.25, 0.3) is 0 Å². The summed E-state index contributed by atoms with van der Waals surface area (Å²) < 4.78 is 5.41. The Balaban J connectivity index is 1.96. The highest BCUT2D eigenvalue weighted by atomic mass is 32.2. The van der Waals surface area contributed by atoms with Gasteiger partial charge in [0.2, 0.25) is 0 Å². The summed E-state index contributed by atoms with van der Waals surface area (Å²) in [7, 11) is 1.71. The van der Waals surface area contributed by atoms with E-state index in [-0.39, 0.29) is 11.8 Å². The summed E-state index contributed by atoms with van der Waals surface area (Å²) in [6.45, 7) is 0. The fraction of sp³-hybridized carbons (Fsp3) is 0.389. The Morgan fingerprint density at radius 1 is 1.24 bits per heavy atom. The number of allylic oxidation sites excluding steroid dienone is 2. The van der Waals surface area contributed by atoms with E-state index in [0.717, 1.165) is 23.5 Å². The Bertz CT molecular complexity index is 615. The van der Waals surface area contributed by atoms with Gasteiger partial charge in [-0.3, -0.25) is 4.79 Å². The van der Waals surface area contributed by atoms with Crippen LogP contribution < -0.4 is 0 Å². The number of fused-ring (bicyclic) bond motifs is 1. The molecule has 0 aromatic heterocycles. The second-order valence-corrected chi connectivity index (χ2v) is 6.40. The monoisotopic (exact) mass is 300 g/mol. The van der Waals surface area contributed by atoms with Crippen LogP contribution >= 0.6 is 11.8 Å². The van der Waals surface area contributed by atoms with Crippen LogP contribution in [0.3, 0.4) is 0 Å². The smallest absolute Gasteiger partial charge is 0.141 e. The fourth-order valence-corrected chi connectivity index (χ4v) is 4.07. The number of carbonyl (C=O) groups is 1. The van der Waals surface area contributed by atoms with Gasteiger partial charge in [0, 0.05) is 17.2 Å². The molecular weight excluding hydrogens is 280 g/mol. The summed E-state index contributed by atoms with van der Waals surface area (Å²) in [4.78, 5) is 13.7. The van der Waals surface area contributed by atoms with Crippen molar-refractivity contribution in [3.05, 3.63) is 58.2 Å². The lowest BCUT2D eigenvalue weighted by atomic mass is 9.73. The quantitative estimate of drug-likeness (QED) is 0.841. The van der Waals surface area contributed by atoms with Gasteiger partial charge < -0.3 is 4.74 Å². The maximum atomic E-state index is 12.5. The van der Waals surface area contributed by atoms with Gasteiger partial charge in [-0.1, -0.05) is 30.3 Å². The molecule has 1 aromatic rings. The fourth-order valence-electron chi connectivity index (χ4n) is 3.39. The van der Waals surface area contributed by atoms with Crippen molar-refractivity contribution >= 4 is 17.5 Å². The van der Waals surface area contributed by atoms with Crippen molar-refractivity contribution < 1.29 is 9.53 Å². The predicted molar refractivity (Wildman–Crippen MR) is 87.3 cm³/mol. The van der Waals surface area contributed by atoms with Gasteiger partial charge in [-0.05, 0) is 42.2 Å². The minimum atomic E-state index is 0.00626. The number of ketones is 1. The summed E-state index contributed by atoms with van der Waals surface area (Å²) in [5.41, 5.74) is 2.56. The van der Waals surface area contributed by atoms with Crippen molar-refractivity contribution in [1.29, 1.82) is 0 Å². The first-order valence-corrected chi connectivity index (χ1v) is 8.58. The zero-order chi connectivity index (χ0) is 14.8. The molecule has 0 radical (unpaired) electrons. The van der Waals surface area contributed by atoms with Crippen molar-refractivity contribution in [3.63, 3.8) is 0 Å². The topological polar surface area (TPSA) is 26.3 Å². The first-order chi connectivity index (χ1) is 10.2. The van der Waals surface area contributed by atoms with Gasteiger partial charge in [-0.2, -0.15) is 0 Å². The maximum absolute atomic E-state index is 12.5. The van der Waals surface area contributed by atoms with Gasteiger partial charge in [0.1, 0.15) is 11.5 Å². The molecule has 2 unspecified atom stereocenters. The third-order valence-corrected chi connectivity index (χ3v) is 5.21. The van der Waals surface area contributed by atoms with Gasteiger partial charge in [0.15, 0.2) is 0 Å². The number of carbonyl (C=O) groups excluding carboxylic acids is 1. The van der Waals surface area contributed by atoms with E-state index in [4.69, 9.17) is 4.74 Å². The van der Waals surface area contributed by atoms with Crippen LogP contribution in [0.5, 0.6) is 0 Å². The first-order valence-electron chi connectivity index (χ1n) is 7.35. The minimum absolute atomic E-state index is 0.00626. The standard InChI is InChI=1S/C18H20O2S/c1-20-16-10-8-13(11-17(16)21-2)18-14-6-4-3-5-12(14)7-9-15(18)19/h3-6,10-11,13,18H,7-9H2,1-2H3. The van der Waals surface area contributed by atoms with Gasteiger partial charge in [0.05, 0.1) is 7.11 Å². The van der Waals surface area contributed by atoms with E-state index in [2.05, 4.69) is 36.6 Å². The molecule has 2 atom stereocenters. The number of ether oxygens (including phenoxy) is 1. The normalized spacial score (nSPS) is 25.0. The number of methoxy groups -OCH3 is 1. The summed E-state index contributed by atoms with van der Waals surface area (Å²) in [5.74, 6) is 1.58. The Labute approximate surface area is 130 Å². The molecule has 21 heavy (non-hydrogen) atoms. The second kappa shape index (κ2) is 6.10. The van der Waals surface area contributed by atoms with Crippen molar-refractivity contribution in [2.75, 3.05) is 13.4 Å². The first kappa shape index (κ1) is 14.5. The number of Topliss-reactive ketones (excluding diaryl/α,β-unsaturated/α-hetero) is 1. The molecule has 0 N–H and O–H groups in total. The van der Waals surface area contributed by atoms with Crippen LogP contribution in [0.2, 0.25) is 0 Å². The molecule has 0 aliphatic heterocycles. The van der Waals surface area contributed by atoms with Crippen LogP contribution in [0.15, 0.2) is 47.1 Å². The number of aryl methyl sites for hydroxylation is 1. The van der Waals surface area contributed by atoms with Crippen molar-refractivity contribution in [3.8, 4) is 0 Å². The molecule has 0 amide bonds. The minimum Gasteiger partial charge on any atom is -0.496 e. The summed E-state index contributed by atoms with van der Waals surface area (Å²) in [6.07, 6.45) is 8.84. The Kier molecular flexibility index (Phi) is 4.20. The highest BCUT2D eigenvalue weighted by Gasteiger charge is 2.34. The van der Waals surface area contributed by atoms with Crippen molar-refractivity contribution in [2.45, 2.75) is 25.2 Å². The lowest BCUT2D eigenvalue weighted by molar-refractivity contribution is -0.121. The average molecular weight is 300 g/mol. The molecule has 3 rings (SSSR count). The zero-order valence-corrected chi connectivity index (χ0v) is 13.3. The largest absolute Gasteiger partial charge is 0.496 e. The number of thioether (sulfide) groups is 1. The van der Waals surface area contributed by atoms with Crippen molar-refractivity contribution in [1.82, 2.24) is 0 Å². The van der Waals surface area contributed by atoms with E-state index < -0.39 is 0 Å². The van der Waals surface area contributed by atoms with Gasteiger partial charge in [-0.25, -0.2) is 0 Å². The number of hydrogen-bond donors (Lipinski definition) is 0. The van der Waals surface area contributed by atoms with Gasteiger partial charge in [0.25, 0.3) is 0 Å². The number of hydrogen-bond acceptors (Lipinski definition) is 3.